The zero-order chi connectivity index (χ0) is 19.7. The number of nitrogens with one attached hydrogen (secondary N) is 2. The highest BCUT2D eigenvalue weighted by Crippen LogP contribution is 2.38. The molecule has 0 spiro atoms. The van der Waals surface area contributed by atoms with Gasteiger partial charge in [-0.05, 0) is 43.7 Å². The van der Waals surface area contributed by atoms with Gasteiger partial charge in [-0.25, -0.2) is 0 Å². The van der Waals surface area contributed by atoms with Gasteiger partial charge in [0.2, 0.25) is 0 Å². The molecule has 3 heterocycles. The van der Waals surface area contributed by atoms with Gasteiger partial charge >= 0.3 is 6.18 Å². The number of benzene rings is 1. The average molecular weight is 389 g/mol. The molecule has 0 amide bonds. The Labute approximate surface area is 158 Å². The van der Waals surface area contributed by atoms with Gasteiger partial charge in [-0.3, -0.25) is 4.98 Å². The number of halogens is 3. The number of fused-ring (bicyclic) bond motifs is 1. The number of hydrogen-bond acceptors (Lipinski definition) is 6. The van der Waals surface area contributed by atoms with Crippen molar-refractivity contribution in [3.8, 4) is 17.0 Å². The van der Waals surface area contributed by atoms with E-state index < -0.39 is 17.5 Å². The van der Waals surface area contributed by atoms with Gasteiger partial charge in [-0.15, -0.1) is 10.2 Å². The summed E-state index contributed by atoms with van der Waals surface area (Å²) in [5.41, 5.74) is -0.474. The van der Waals surface area contributed by atoms with Crippen molar-refractivity contribution < 1.29 is 18.3 Å². The first-order valence-corrected chi connectivity index (χ1v) is 8.92. The molecule has 146 valence electrons. The van der Waals surface area contributed by atoms with E-state index in [-0.39, 0.29) is 17.3 Å². The summed E-state index contributed by atoms with van der Waals surface area (Å²) >= 11 is 0. The van der Waals surface area contributed by atoms with Crippen molar-refractivity contribution in [3.63, 3.8) is 0 Å². The molecule has 1 atom stereocenters. The molecule has 0 saturated carbocycles. The van der Waals surface area contributed by atoms with E-state index in [1.54, 1.807) is 18.5 Å². The fourth-order valence-corrected chi connectivity index (χ4v) is 3.38. The standard InChI is InChI=1S/C19H18F3N5O/c20-19(21,22)11-3-4-14(16(28)8-11)17-15-10-24-7-5-13(15)18(27-26-17)25-12-2-1-6-23-9-12/h3-5,7-8,10,12,23,28H,1-2,6,9H2,(H,25,27)/t12-/m1/s1. The first-order chi connectivity index (χ1) is 13.4. The van der Waals surface area contributed by atoms with E-state index in [0.29, 0.717) is 17.3 Å². The highest BCUT2D eigenvalue weighted by atomic mass is 19.4. The molecule has 0 unspecified atom stereocenters. The first kappa shape index (κ1) is 18.4. The predicted molar refractivity (Wildman–Crippen MR) is 99.0 cm³/mol. The van der Waals surface area contributed by atoms with Gasteiger partial charge in [-0.2, -0.15) is 13.2 Å². The van der Waals surface area contributed by atoms with E-state index >= 15 is 0 Å². The molecule has 6 nitrogen and oxygen atoms in total. The van der Waals surface area contributed by atoms with E-state index in [0.717, 1.165) is 37.4 Å². The molecule has 0 radical (unpaired) electrons. The molecule has 1 fully saturated rings. The molecule has 4 rings (SSSR count). The number of phenolic OH excluding ortho intramolecular Hbond substituents is 1. The number of aromatic hydroxyl groups is 1. The minimum atomic E-state index is -4.53. The molecule has 0 bridgehead atoms. The van der Waals surface area contributed by atoms with Gasteiger partial charge in [0.05, 0.1) is 5.56 Å². The largest absolute Gasteiger partial charge is 0.507 e. The molecule has 3 N–H and O–H groups in total. The maximum atomic E-state index is 12.9. The number of piperidine rings is 1. The number of nitrogens with zero attached hydrogens (tertiary/aromatic N) is 3. The Hall–Kier alpha value is -2.94. The maximum Gasteiger partial charge on any atom is 0.416 e. The van der Waals surface area contributed by atoms with Crippen LogP contribution in [0.2, 0.25) is 0 Å². The normalized spacial score (nSPS) is 17.6. The number of rotatable bonds is 3. The number of alkyl halides is 3. The number of pyridine rings is 1. The van der Waals surface area contributed by atoms with E-state index in [1.807, 2.05) is 0 Å². The number of aromatic nitrogens is 3. The lowest BCUT2D eigenvalue weighted by molar-refractivity contribution is -0.137. The quantitative estimate of drug-likeness (QED) is 0.635. The van der Waals surface area contributed by atoms with Crippen LogP contribution in [0.3, 0.4) is 0 Å². The molecule has 9 heteroatoms. The fraction of sp³-hybridized carbons (Fsp3) is 0.316. The highest BCUT2D eigenvalue weighted by molar-refractivity contribution is 6.00. The molecule has 1 aromatic carbocycles. The third kappa shape index (κ3) is 3.57. The highest BCUT2D eigenvalue weighted by Gasteiger charge is 2.31. The molecule has 1 aliphatic heterocycles. The van der Waals surface area contributed by atoms with E-state index in [4.69, 9.17) is 0 Å². The average Bonchev–Trinajstić information content (AvgIpc) is 2.69. The van der Waals surface area contributed by atoms with Crippen molar-refractivity contribution in [2.45, 2.75) is 25.1 Å². The lowest BCUT2D eigenvalue weighted by Crippen LogP contribution is -2.38. The van der Waals surface area contributed by atoms with Crippen molar-refractivity contribution in [1.29, 1.82) is 0 Å². The molecule has 1 aliphatic rings. The van der Waals surface area contributed by atoms with E-state index in [2.05, 4.69) is 25.8 Å². The van der Waals surface area contributed by atoms with Crippen LogP contribution in [0.5, 0.6) is 5.75 Å². The minimum absolute atomic E-state index is 0.171. The van der Waals surface area contributed by atoms with Crippen molar-refractivity contribution in [3.05, 3.63) is 42.2 Å². The number of phenols is 1. The second-order valence-electron chi connectivity index (χ2n) is 6.74. The molecule has 3 aromatic rings. The SMILES string of the molecule is Oc1cc(C(F)(F)F)ccc1-c1nnc(N[C@@H]2CCCNC2)c2ccncc12. The van der Waals surface area contributed by atoms with Crippen LogP contribution in [0.15, 0.2) is 36.7 Å². The Kier molecular flexibility index (Phi) is 4.76. The van der Waals surface area contributed by atoms with Crippen LogP contribution >= 0.6 is 0 Å². The predicted octanol–water partition coefficient (Wildman–Crippen LogP) is 3.58. The topological polar surface area (TPSA) is 83.0 Å². The smallest absolute Gasteiger partial charge is 0.416 e. The summed E-state index contributed by atoms with van der Waals surface area (Å²) in [5.74, 6) is 0.0766. The lowest BCUT2D eigenvalue weighted by Gasteiger charge is -2.24. The lowest BCUT2D eigenvalue weighted by atomic mass is 10.0. The maximum absolute atomic E-state index is 12.9. The summed E-state index contributed by atoms with van der Waals surface area (Å²) in [7, 11) is 0. The fourth-order valence-electron chi connectivity index (χ4n) is 3.38. The van der Waals surface area contributed by atoms with Crippen molar-refractivity contribution >= 4 is 16.6 Å². The van der Waals surface area contributed by atoms with Crippen LogP contribution in [0.25, 0.3) is 22.0 Å². The molecule has 1 saturated heterocycles. The van der Waals surface area contributed by atoms with Gasteiger partial charge in [0, 0.05) is 41.3 Å². The summed E-state index contributed by atoms with van der Waals surface area (Å²) in [6.07, 6.45) is 0.712. The molecular weight excluding hydrogens is 371 g/mol. The van der Waals surface area contributed by atoms with Crippen molar-refractivity contribution in [2.24, 2.45) is 0 Å². The summed E-state index contributed by atoms with van der Waals surface area (Å²) in [6, 6.07) is 4.79. The second kappa shape index (κ2) is 7.23. The van der Waals surface area contributed by atoms with Crippen LogP contribution in [0.4, 0.5) is 19.0 Å². The van der Waals surface area contributed by atoms with Crippen LogP contribution in [-0.4, -0.2) is 39.4 Å². The van der Waals surface area contributed by atoms with Crippen LogP contribution in [0, 0.1) is 0 Å². The Morgan fingerprint density at radius 3 is 2.71 bits per heavy atom. The van der Waals surface area contributed by atoms with Crippen LogP contribution in [-0.2, 0) is 6.18 Å². The third-order valence-electron chi connectivity index (χ3n) is 4.80. The third-order valence-corrected chi connectivity index (χ3v) is 4.80. The van der Waals surface area contributed by atoms with Gasteiger partial charge in [-0.1, -0.05) is 0 Å². The monoisotopic (exact) mass is 389 g/mol. The van der Waals surface area contributed by atoms with Gasteiger partial charge in [0.1, 0.15) is 11.4 Å². The molecule has 2 aromatic heterocycles. The minimum Gasteiger partial charge on any atom is -0.507 e. The van der Waals surface area contributed by atoms with Crippen molar-refractivity contribution in [1.82, 2.24) is 20.5 Å². The Balaban J connectivity index is 1.76. The second-order valence-corrected chi connectivity index (χ2v) is 6.74. The number of hydrogen-bond donors (Lipinski definition) is 3. The molecule has 28 heavy (non-hydrogen) atoms. The van der Waals surface area contributed by atoms with Gasteiger partial charge in [0.15, 0.2) is 5.82 Å². The Morgan fingerprint density at radius 2 is 2.00 bits per heavy atom. The molecular formula is C19H18F3N5O. The van der Waals surface area contributed by atoms with Gasteiger partial charge < -0.3 is 15.7 Å². The number of anilines is 1. The zero-order valence-corrected chi connectivity index (χ0v) is 14.8. The summed E-state index contributed by atoms with van der Waals surface area (Å²) < 4.78 is 38.6. The zero-order valence-electron chi connectivity index (χ0n) is 14.8. The van der Waals surface area contributed by atoms with Crippen molar-refractivity contribution in [2.75, 3.05) is 18.4 Å². The van der Waals surface area contributed by atoms with Gasteiger partial charge in [0.25, 0.3) is 0 Å². The Bertz CT molecular complexity index is 1000. The Morgan fingerprint density at radius 1 is 1.14 bits per heavy atom. The summed E-state index contributed by atoms with van der Waals surface area (Å²) in [4.78, 5) is 4.10. The van der Waals surface area contributed by atoms with Crippen LogP contribution < -0.4 is 10.6 Å². The molecule has 0 aliphatic carbocycles. The summed E-state index contributed by atoms with van der Waals surface area (Å²) in [6.45, 7) is 1.80. The first-order valence-electron chi connectivity index (χ1n) is 8.92. The van der Waals surface area contributed by atoms with E-state index in [1.165, 1.54) is 6.07 Å². The summed E-state index contributed by atoms with van der Waals surface area (Å²) in [5, 5.41) is 26.6. The van der Waals surface area contributed by atoms with E-state index in [9.17, 15) is 18.3 Å². The van der Waals surface area contributed by atoms with Crippen LogP contribution in [0.1, 0.15) is 18.4 Å².